The molecular formula is C15H21N5O2. The molecule has 7 heteroatoms. The quantitative estimate of drug-likeness (QED) is 0.725. The molecule has 0 saturated carbocycles. The second kappa shape index (κ2) is 8.14. The van der Waals surface area contributed by atoms with E-state index in [2.05, 4.69) is 25.8 Å². The second-order valence-corrected chi connectivity index (χ2v) is 4.77. The van der Waals surface area contributed by atoms with E-state index < -0.39 is 0 Å². The van der Waals surface area contributed by atoms with Crippen LogP contribution in [0.3, 0.4) is 0 Å². The summed E-state index contributed by atoms with van der Waals surface area (Å²) in [5.74, 6) is 1.81. The maximum atomic E-state index is 5.33. The molecule has 118 valence electrons. The molecule has 1 aromatic carbocycles. The fraction of sp³-hybridized carbons (Fsp3) is 0.400. The van der Waals surface area contributed by atoms with Crippen LogP contribution in [0.2, 0.25) is 0 Å². The Kier molecular flexibility index (Phi) is 5.91. The van der Waals surface area contributed by atoms with Gasteiger partial charge in [-0.2, -0.15) is 10.1 Å². The van der Waals surface area contributed by atoms with Gasteiger partial charge in [0.2, 0.25) is 5.95 Å². The summed E-state index contributed by atoms with van der Waals surface area (Å²) >= 11 is 0. The van der Waals surface area contributed by atoms with Gasteiger partial charge in [-0.1, -0.05) is 6.07 Å². The Labute approximate surface area is 130 Å². The van der Waals surface area contributed by atoms with Crippen LogP contribution in [-0.4, -0.2) is 42.6 Å². The summed E-state index contributed by atoms with van der Waals surface area (Å²) in [4.78, 5) is 4.38. The molecule has 0 fully saturated rings. The van der Waals surface area contributed by atoms with Crippen LogP contribution in [0, 0.1) is 6.92 Å². The van der Waals surface area contributed by atoms with Gasteiger partial charge in [-0.3, -0.25) is 0 Å². The molecule has 1 heterocycles. The average molecular weight is 303 g/mol. The van der Waals surface area contributed by atoms with Gasteiger partial charge in [0.15, 0.2) is 5.82 Å². The molecule has 0 atom stereocenters. The van der Waals surface area contributed by atoms with E-state index in [0.717, 1.165) is 30.0 Å². The number of benzene rings is 1. The van der Waals surface area contributed by atoms with E-state index in [1.807, 2.05) is 25.1 Å². The molecule has 2 aromatic rings. The monoisotopic (exact) mass is 303 g/mol. The molecule has 0 amide bonds. The number of nitrogens with one attached hydrogen (secondary N) is 2. The third kappa shape index (κ3) is 4.56. The van der Waals surface area contributed by atoms with Crippen molar-refractivity contribution < 1.29 is 9.47 Å². The van der Waals surface area contributed by atoms with Crippen LogP contribution in [0.1, 0.15) is 12.0 Å². The van der Waals surface area contributed by atoms with Crippen molar-refractivity contribution in [1.29, 1.82) is 0 Å². The van der Waals surface area contributed by atoms with Crippen LogP contribution in [0.15, 0.2) is 24.4 Å². The first-order chi connectivity index (χ1) is 10.7. The minimum absolute atomic E-state index is 0.417. The molecule has 0 bridgehead atoms. The van der Waals surface area contributed by atoms with Crippen LogP contribution in [0.4, 0.5) is 17.5 Å². The molecule has 0 unspecified atom stereocenters. The van der Waals surface area contributed by atoms with E-state index >= 15 is 0 Å². The molecular weight excluding hydrogens is 282 g/mol. The lowest BCUT2D eigenvalue weighted by molar-refractivity contribution is 0.197. The fourth-order valence-electron chi connectivity index (χ4n) is 1.91. The Bertz CT molecular complexity index is 606. The third-order valence-electron chi connectivity index (χ3n) is 2.99. The largest absolute Gasteiger partial charge is 0.495 e. The number of hydrogen-bond acceptors (Lipinski definition) is 7. The van der Waals surface area contributed by atoms with E-state index in [0.29, 0.717) is 18.4 Å². The maximum absolute atomic E-state index is 5.33. The standard InChI is InChI=1S/C15H21N5O2/c1-11-5-6-13(22-3)12(9-11)18-15-19-14(10-17-20-15)16-7-4-8-21-2/h5-6,9-10H,4,7-8H2,1-3H3,(H2,16,18,19,20). The summed E-state index contributed by atoms with van der Waals surface area (Å²) in [7, 11) is 3.31. The van der Waals surface area contributed by atoms with Gasteiger partial charge in [0.25, 0.3) is 0 Å². The number of aromatic nitrogens is 3. The third-order valence-corrected chi connectivity index (χ3v) is 2.99. The molecule has 1 aromatic heterocycles. The molecule has 0 aliphatic rings. The Morgan fingerprint density at radius 1 is 1.23 bits per heavy atom. The second-order valence-electron chi connectivity index (χ2n) is 4.77. The van der Waals surface area contributed by atoms with Gasteiger partial charge in [-0.15, -0.1) is 5.10 Å². The van der Waals surface area contributed by atoms with Crippen molar-refractivity contribution in [3.63, 3.8) is 0 Å². The zero-order chi connectivity index (χ0) is 15.8. The molecule has 0 saturated heterocycles. The van der Waals surface area contributed by atoms with Crippen molar-refractivity contribution in [2.24, 2.45) is 0 Å². The van der Waals surface area contributed by atoms with Gasteiger partial charge < -0.3 is 20.1 Å². The van der Waals surface area contributed by atoms with Crippen LogP contribution < -0.4 is 15.4 Å². The van der Waals surface area contributed by atoms with E-state index in [1.54, 1.807) is 20.4 Å². The van der Waals surface area contributed by atoms with Crippen LogP contribution >= 0.6 is 0 Å². The lowest BCUT2D eigenvalue weighted by atomic mass is 10.2. The van der Waals surface area contributed by atoms with Crippen molar-refractivity contribution >= 4 is 17.5 Å². The van der Waals surface area contributed by atoms with Crippen molar-refractivity contribution in [3.8, 4) is 5.75 Å². The van der Waals surface area contributed by atoms with E-state index in [4.69, 9.17) is 9.47 Å². The highest BCUT2D eigenvalue weighted by molar-refractivity contribution is 5.63. The Hall–Kier alpha value is -2.41. The fourth-order valence-corrected chi connectivity index (χ4v) is 1.91. The first kappa shape index (κ1) is 16.0. The molecule has 0 aliphatic carbocycles. The molecule has 2 rings (SSSR count). The maximum Gasteiger partial charge on any atom is 0.249 e. The molecule has 2 N–H and O–H groups in total. The topological polar surface area (TPSA) is 81.2 Å². The molecule has 7 nitrogen and oxygen atoms in total. The number of rotatable bonds is 8. The number of hydrogen-bond donors (Lipinski definition) is 2. The minimum atomic E-state index is 0.417. The summed E-state index contributed by atoms with van der Waals surface area (Å²) in [6.45, 7) is 3.48. The normalized spacial score (nSPS) is 10.3. The highest BCUT2D eigenvalue weighted by Crippen LogP contribution is 2.27. The summed E-state index contributed by atoms with van der Waals surface area (Å²) in [5, 5.41) is 14.3. The SMILES string of the molecule is COCCCNc1cnnc(Nc2cc(C)ccc2OC)n1. The number of aryl methyl sites for hydroxylation is 1. The Balaban J connectivity index is 2.05. The van der Waals surface area contributed by atoms with Crippen molar-refractivity contribution in [2.75, 3.05) is 38.0 Å². The predicted octanol–water partition coefficient (Wildman–Crippen LogP) is 2.38. The predicted molar refractivity (Wildman–Crippen MR) is 85.8 cm³/mol. The number of nitrogens with zero attached hydrogens (tertiary/aromatic N) is 3. The van der Waals surface area contributed by atoms with Crippen molar-refractivity contribution in [1.82, 2.24) is 15.2 Å². The lowest BCUT2D eigenvalue weighted by Crippen LogP contribution is -2.08. The van der Waals surface area contributed by atoms with Gasteiger partial charge in [-0.25, -0.2) is 0 Å². The molecule has 0 spiro atoms. The molecule has 22 heavy (non-hydrogen) atoms. The summed E-state index contributed by atoms with van der Waals surface area (Å²) in [6, 6.07) is 5.86. The first-order valence-electron chi connectivity index (χ1n) is 7.07. The molecule has 0 radical (unpaired) electrons. The summed E-state index contributed by atoms with van der Waals surface area (Å²) < 4.78 is 10.3. The first-order valence-corrected chi connectivity index (χ1v) is 7.07. The number of methoxy groups -OCH3 is 2. The zero-order valence-electron chi connectivity index (χ0n) is 13.1. The molecule has 0 aliphatic heterocycles. The smallest absolute Gasteiger partial charge is 0.249 e. The highest BCUT2D eigenvalue weighted by Gasteiger charge is 2.06. The van der Waals surface area contributed by atoms with Crippen molar-refractivity contribution in [3.05, 3.63) is 30.0 Å². The van der Waals surface area contributed by atoms with Gasteiger partial charge in [0.05, 0.1) is 19.0 Å². The number of ether oxygens (including phenoxy) is 2. The van der Waals surface area contributed by atoms with Gasteiger partial charge in [-0.05, 0) is 31.0 Å². The highest BCUT2D eigenvalue weighted by atomic mass is 16.5. The van der Waals surface area contributed by atoms with Crippen LogP contribution in [0.5, 0.6) is 5.75 Å². The van der Waals surface area contributed by atoms with E-state index in [1.165, 1.54) is 0 Å². The minimum Gasteiger partial charge on any atom is -0.495 e. The summed E-state index contributed by atoms with van der Waals surface area (Å²) in [6.07, 6.45) is 2.49. The van der Waals surface area contributed by atoms with Crippen LogP contribution in [-0.2, 0) is 4.74 Å². The number of anilines is 3. The Morgan fingerprint density at radius 2 is 2.09 bits per heavy atom. The Morgan fingerprint density at radius 3 is 2.86 bits per heavy atom. The van der Waals surface area contributed by atoms with Gasteiger partial charge in [0.1, 0.15) is 5.75 Å². The zero-order valence-corrected chi connectivity index (χ0v) is 13.1. The van der Waals surface area contributed by atoms with E-state index in [9.17, 15) is 0 Å². The van der Waals surface area contributed by atoms with Crippen molar-refractivity contribution in [2.45, 2.75) is 13.3 Å². The van der Waals surface area contributed by atoms with Gasteiger partial charge in [0, 0.05) is 20.3 Å². The lowest BCUT2D eigenvalue weighted by Gasteiger charge is -2.11. The van der Waals surface area contributed by atoms with E-state index in [-0.39, 0.29) is 0 Å². The summed E-state index contributed by atoms with van der Waals surface area (Å²) in [5.41, 5.74) is 1.92. The van der Waals surface area contributed by atoms with Gasteiger partial charge >= 0.3 is 0 Å². The average Bonchev–Trinajstić information content (AvgIpc) is 2.52. The van der Waals surface area contributed by atoms with Crippen LogP contribution in [0.25, 0.3) is 0 Å².